The van der Waals surface area contributed by atoms with Crippen molar-refractivity contribution in [3.05, 3.63) is 47.7 Å². The van der Waals surface area contributed by atoms with Gasteiger partial charge in [0.15, 0.2) is 22.4 Å². The molecule has 1 aliphatic heterocycles. The van der Waals surface area contributed by atoms with E-state index < -0.39 is 51.3 Å². The Morgan fingerprint density at radius 3 is 2.12 bits per heavy atom. The number of azo groups is 1. The van der Waals surface area contributed by atoms with Crippen molar-refractivity contribution in [1.29, 1.82) is 5.26 Å². The largest absolute Gasteiger partial charge is 0.473 e. The number of benzene rings is 2. The number of nitrogens with one attached hydrogen (secondary N) is 1. The normalized spacial score (nSPS) is 16.6. The van der Waals surface area contributed by atoms with Crippen molar-refractivity contribution in [2.24, 2.45) is 10.2 Å². The number of anilines is 2. The van der Waals surface area contributed by atoms with E-state index in [-0.39, 0.29) is 53.1 Å². The van der Waals surface area contributed by atoms with E-state index in [4.69, 9.17) is 4.74 Å². The van der Waals surface area contributed by atoms with Crippen LogP contribution in [-0.2, 0) is 35.5 Å². The lowest BCUT2D eigenvalue weighted by atomic mass is 9.90. The molecule has 4 rings (SSSR count). The van der Waals surface area contributed by atoms with E-state index in [0.29, 0.717) is 23.9 Å². The van der Waals surface area contributed by atoms with Gasteiger partial charge in [-0.05, 0) is 58.4 Å². The summed E-state index contributed by atoms with van der Waals surface area (Å²) in [5.74, 6) is -0.355. The van der Waals surface area contributed by atoms with Gasteiger partial charge in [-0.25, -0.2) is 13.1 Å². The first-order valence-electron chi connectivity index (χ1n) is 15.6. The van der Waals surface area contributed by atoms with Gasteiger partial charge in [-0.15, -0.1) is 10.2 Å². The molecule has 1 aliphatic rings. The number of nitriles is 1. The van der Waals surface area contributed by atoms with Gasteiger partial charge in [-0.3, -0.25) is 9.11 Å². The maximum atomic E-state index is 12.4. The average molecular weight is 752 g/mol. The lowest BCUT2D eigenvalue weighted by Crippen LogP contribution is -2.36. The molecule has 272 valence electrons. The van der Waals surface area contributed by atoms with Crippen molar-refractivity contribution < 1.29 is 39.1 Å². The zero-order chi connectivity index (χ0) is 37.4. The van der Waals surface area contributed by atoms with Crippen LogP contribution in [0.15, 0.2) is 56.4 Å². The van der Waals surface area contributed by atoms with Crippen molar-refractivity contribution >= 4 is 53.0 Å². The first-order valence-corrected chi connectivity index (χ1v) is 20.3. The van der Waals surface area contributed by atoms with E-state index in [1.807, 2.05) is 54.5 Å². The van der Waals surface area contributed by atoms with Gasteiger partial charge in [0.05, 0.1) is 38.7 Å². The summed E-state index contributed by atoms with van der Waals surface area (Å²) in [7, 11) is -13.0. The van der Waals surface area contributed by atoms with E-state index in [0.717, 1.165) is 17.8 Å². The minimum Gasteiger partial charge on any atom is -0.473 e. The molecule has 0 amide bonds. The second kappa shape index (κ2) is 14.3. The number of rotatable bonds is 12. The van der Waals surface area contributed by atoms with Crippen LogP contribution in [-0.4, -0.2) is 74.5 Å². The molecule has 3 N–H and O–H groups in total. The quantitative estimate of drug-likeness (QED) is 0.120. The number of ether oxygens (including phenoxy) is 1. The molecule has 1 atom stereocenters. The first kappa shape index (κ1) is 38.7. The molecule has 3 aromatic rings. The molecular formula is C31H41N7O9S3. The Kier molecular flexibility index (Phi) is 11.0. The van der Waals surface area contributed by atoms with Crippen molar-refractivity contribution in [1.82, 2.24) is 9.78 Å². The molecular weight excluding hydrogens is 711 g/mol. The minimum absolute atomic E-state index is 0.0164. The van der Waals surface area contributed by atoms with Crippen LogP contribution in [0.5, 0.6) is 5.75 Å². The summed E-state index contributed by atoms with van der Waals surface area (Å²) >= 11 is 0. The van der Waals surface area contributed by atoms with Crippen molar-refractivity contribution in [2.75, 3.05) is 28.5 Å². The van der Waals surface area contributed by atoms with Crippen LogP contribution >= 0.6 is 0 Å². The summed E-state index contributed by atoms with van der Waals surface area (Å²) in [6.07, 6.45) is 0.304. The monoisotopic (exact) mass is 751 g/mol. The summed E-state index contributed by atoms with van der Waals surface area (Å²) in [6, 6.07) is 9.49. The number of nitrogens with zero attached hydrogens (tertiary/aromatic N) is 6. The maximum Gasteiger partial charge on any atom is 0.294 e. The third kappa shape index (κ3) is 8.98. The summed E-state index contributed by atoms with van der Waals surface area (Å²) in [4.78, 5) is 0.524. The van der Waals surface area contributed by atoms with Gasteiger partial charge in [0, 0.05) is 35.3 Å². The summed E-state index contributed by atoms with van der Waals surface area (Å²) < 4.78 is 97.9. The number of aromatic nitrogens is 2. The Hall–Kier alpha value is -4.09. The molecule has 0 radical (unpaired) electrons. The molecule has 1 fully saturated rings. The van der Waals surface area contributed by atoms with Gasteiger partial charge >= 0.3 is 0 Å². The molecule has 19 heteroatoms. The maximum absolute atomic E-state index is 12.4. The van der Waals surface area contributed by atoms with E-state index in [2.05, 4.69) is 31.6 Å². The summed E-state index contributed by atoms with van der Waals surface area (Å²) in [5.41, 5.74) is 1.50. The molecule has 0 bridgehead atoms. The standard InChI is InChI=1S/C31H41N7O9S3/c1-19(2)37(20(3)4)21-8-9-27(28(12-21)33-18-47-23-13-24(49(41,42)43)15-25(14-23)50(44,45)46)34-35-30-26(16-32)29(31(5,6)7)36-38(30)22-10-11-48(39,40)17-22/h8-9,12-15,19-20,22,33H,10-11,17-18H2,1-7H3,(H,41,42,43)(H,44,45,46). The highest BCUT2D eigenvalue weighted by atomic mass is 32.2. The van der Waals surface area contributed by atoms with Crippen molar-refractivity contribution in [3.63, 3.8) is 0 Å². The Labute approximate surface area is 292 Å². The fourth-order valence-corrected chi connectivity index (χ4v) is 8.55. The minimum atomic E-state index is -4.86. The van der Waals surface area contributed by atoms with Crippen LogP contribution in [0, 0.1) is 11.3 Å². The Bertz CT molecular complexity index is 2110. The molecule has 1 saturated heterocycles. The zero-order valence-electron chi connectivity index (χ0n) is 28.7. The molecule has 2 aromatic carbocycles. The highest BCUT2D eigenvalue weighted by molar-refractivity contribution is 7.91. The van der Waals surface area contributed by atoms with Gasteiger partial charge in [-0.1, -0.05) is 20.8 Å². The Balaban J connectivity index is 1.78. The van der Waals surface area contributed by atoms with Crippen LogP contribution in [0.3, 0.4) is 0 Å². The van der Waals surface area contributed by atoms with E-state index in [9.17, 15) is 39.6 Å². The zero-order valence-corrected chi connectivity index (χ0v) is 31.1. The van der Waals surface area contributed by atoms with Crippen LogP contribution in [0.2, 0.25) is 0 Å². The lowest BCUT2D eigenvalue weighted by molar-refractivity contribution is 0.344. The van der Waals surface area contributed by atoms with E-state index >= 15 is 0 Å². The van der Waals surface area contributed by atoms with E-state index in [1.54, 1.807) is 12.1 Å². The van der Waals surface area contributed by atoms with Crippen molar-refractivity contribution in [2.45, 2.75) is 88.2 Å². The Morgan fingerprint density at radius 2 is 1.64 bits per heavy atom. The fraction of sp³-hybridized carbons (Fsp3) is 0.484. The van der Waals surface area contributed by atoms with Gasteiger partial charge < -0.3 is 15.0 Å². The van der Waals surface area contributed by atoms with Crippen molar-refractivity contribution in [3.8, 4) is 11.8 Å². The van der Waals surface area contributed by atoms with Gasteiger partial charge in [0.25, 0.3) is 20.2 Å². The smallest absolute Gasteiger partial charge is 0.294 e. The second-order valence-corrected chi connectivity index (χ2v) is 18.5. The summed E-state index contributed by atoms with van der Waals surface area (Å²) in [5, 5.41) is 26.8. The highest BCUT2D eigenvalue weighted by Crippen LogP contribution is 2.38. The predicted octanol–water partition coefficient (Wildman–Crippen LogP) is 5.39. The molecule has 0 spiro atoms. The third-order valence-corrected chi connectivity index (χ3v) is 11.3. The predicted molar refractivity (Wildman–Crippen MR) is 187 cm³/mol. The van der Waals surface area contributed by atoms with E-state index in [1.165, 1.54) is 4.68 Å². The van der Waals surface area contributed by atoms with Crippen LogP contribution in [0.25, 0.3) is 0 Å². The Morgan fingerprint density at radius 1 is 1.04 bits per heavy atom. The topological polar surface area (TPSA) is 234 Å². The molecule has 50 heavy (non-hydrogen) atoms. The van der Waals surface area contributed by atoms with Gasteiger partial charge in [0.2, 0.25) is 0 Å². The number of hydrogen-bond acceptors (Lipinski definition) is 13. The van der Waals surface area contributed by atoms with Gasteiger partial charge in [-0.2, -0.15) is 27.2 Å². The molecule has 1 aromatic heterocycles. The van der Waals surface area contributed by atoms with Crippen LogP contribution in [0.4, 0.5) is 22.9 Å². The number of hydrogen-bond donors (Lipinski definition) is 3. The molecule has 16 nitrogen and oxygen atoms in total. The number of sulfone groups is 1. The SMILES string of the molecule is CC(C)N(c1ccc(N=Nc2c(C#N)c(C(C)(C)C)nn2C2CCS(=O)(=O)C2)c(NCOc2cc(S(=O)(=O)O)cc(S(=O)(=O)O)c2)c1)C(C)C. The molecule has 0 saturated carbocycles. The van der Waals surface area contributed by atoms with Crippen LogP contribution < -0.4 is 15.0 Å². The highest BCUT2D eigenvalue weighted by Gasteiger charge is 2.35. The fourth-order valence-electron chi connectivity index (χ4n) is 5.70. The molecule has 1 unspecified atom stereocenters. The second-order valence-electron chi connectivity index (χ2n) is 13.5. The third-order valence-electron chi connectivity index (χ3n) is 7.86. The van der Waals surface area contributed by atoms with Gasteiger partial charge in [0.1, 0.15) is 23.1 Å². The average Bonchev–Trinajstić information content (AvgIpc) is 3.54. The van der Waals surface area contributed by atoms with Crippen LogP contribution in [0.1, 0.15) is 72.2 Å². The molecule has 2 heterocycles. The summed E-state index contributed by atoms with van der Waals surface area (Å²) in [6.45, 7) is 13.4. The molecule has 0 aliphatic carbocycles. The first-order chi connectivity index (χ1) is 23.0. The lowest BCUT2D eigenvalue weighted by Gasteiger charge is -2.33.